The van der Waals surface area contributed by atoms with E-state index in [0.29, 0.717) is 5.56 Å². The van der Waals surface area contributed by atoms with Crippen molar-refractivity contribution in [3.05, 3.63) is 88.7 Å². The molecule has 0 aliphatic heterocycles. The minimum absolute atomic E-state index is 0.0665. The minimum atomic E-state index is 0.0665. The van der Waals surface area contributed by atoms with Gasteiger partial charge in [-0.3, -0.25) is 4.79 Å². The average Bonchev–Trinajstić information content (AvgIpc) is 3.14. The topological polar surface area (TPSA) is 47.3 Å². The molecule has 4 heteroatoms. The third-order valence-corrected chi connectivity index (χ3v) is 5.34. The fourth-order valence-electron chi connectivity index (χ4n) is 3.81. The number of Topliss-reactive ketones (excluding diaryl/α,β-unsaturated/α-hetero) is 1. The highest BCUT2D eigenvalue weighted by molar-refractivity contribution is 5.97. The third-order valence-electron chi connectivity index (χ3n) is 5.34. The van der Waals surface area contributed by atoms with Gasteiger partial charge in [-0.25, -0.2) is 9.50 Å². The van der Waals surface area contributed by atoms with Crippen LogP contribution in [0.1, 0.15) is 53.5 Å². The van der Waals surface area contributed by atoms with Crippen LogP contribution in [-0.4, -0.2) is 20.4 Å². The molecule has 152 valence electrons. The molecule has 4 rings (SSSR count). The molecule has 30 heavy (non-hydrogen) atoms. The van der Waals surface area contributed by atoms with Crippen molar-refractivity contribution < 1.29 is 4.79 Å². The highest BCUT2D eigenvalue weighted by Crippen LogP contribution is 2.25. The van der Waals surface area contributed by atoms with Gasteiger partial charge in [-0.15, -0.1) is 0 Å². The summed E-state index contributed by atoms with van der Waals surface area (Å²) in [6, 6.07) is 18.2. The summed E-state index contributed by atoms with van der Waals surface area (Å²) in [5.41, 5.74) is 7.91. The van der Waals surface area contributed by atoms with Crippen molar-refractivity contribution in [3.63, 3.8) is 0 Å². The van der Waals surface area contributed by atoms with E-state index in [2.05, 4.69) is 62.9 Å². The van der Waals surface area contributed by atoms with Crippen LogP contribution in [0.25, 0.3) is 16.9 Å². The molecule has 2 aromatic heterocycles. The predicted octanol–water partition coefficient (Wildman–Crippen LogP) is 5.74. The van der Waals surface area contributed by atoms with Crippen molar-refractivity contribution in [2.75, 3.05) is 0 Å². The molecule has 0 amide bonds. The van der Waals surface area contributed by atoms with Crippen LogP contribution in [-0.2, 0) is 11.8 Å². The van der Waals surface area contributed by atoms with Crippen molar-refractivity contribution in [2.24, 2.45) is 0 Å². The van der Waals surface area contributed by atoms with Gasteiger partial charge in [-0.05, 0) is 43.0 Å². The molecule has 0 N–H and O–H groups in total. The Morgan fingerprint density at radius 1 is 0.933 bits per heavy atom. The molecule has 0 aliphatic carbocycles. The molecule has 0 fully saturated rings. The maximum absolute atomic E-state index is 12.9. The lowest BCUT2D eigenvalue weighted by Crippen LogP contribution is -2.12. The zero-order valence-electron chi connectivity index (χ0n) is 18.2. The summed E-state index contributed by atoms with van der Waals surface area (Å²) in [5.74, 6) is 0.0678. The van der Waals surface area contributed by atoms with Crippen molar-refractivity contribution in [1.29, 1.82) is 0 Å². The fourth-order valence-corrected chi connectivity index (χ4v) is 3.81. The Morgan fingerprint density at radius 3 is 2.23 bits per heavy atom. The van der Waals surface area contributed by atoms with Crippen LogP contribution >= 0.6 is 0 Å². The Kier molecular flexibility index (Phi) is 5.02. The first-order valence-electron chi connectivity index (χ1n) is 10.3. The molecular weight excluding hydrogens is 370 g/mol. The van der Waals surface area contributed by atoms with Crippen molar-refractivity contribution in [3.8, 4) is 11.3 Å². The van der Waals surface area contributed by atoms with Gasteiger partial charge in [0.05, 0.1) is 24.0 Å². The van der Waals surface area contributed by atoms with E-state index in [-0.39, 0.29) is 17.6 Å². The number of rotatable bonds is 4. The Balaban J connectivity index is 1.69. The average molecular weight is 398 g/mol. The summed E-state index contributed by atoms with van der Waals surface area (Å²) in [7, 11) is 0. The van der Waals surface area contributed by atoms with Crippen LogP contribution < -0.4 is 0 Å². The number of ketones is 1. The summed E-state index contributed by atoms with van der Waals surface area (Å²) in [5, 5.41) is 4.43. The third kappa shape index (κ3) is 4.04. The first-order valence-corrected chi connectivity index (χ1v) is 10.3. The number of carbonyl (C=O) groups excluding carboxylic acids is 1. The Hall–Kier alpha value is -3.27. The standard InChI is InChI=1S/C26H27N3O/c1-17-12-18(2)14-20(13-17)23-15-22(28-25-10-11-27-29(23)25)16-24(30)19-6-8-21(9-7-19)26(3,4)5/h6-15H,16H2,1-5H3. The van der Waals surface area contributed by atoms with Gasteiger partial charge in [-0.2, -0.15) is 5.10 Å². The Bertz CT molecular complexity index is 1210. The highest BCUT2D eigenvalue weighted by Gasteiger charge is 2.16. The number of fused-ring (bicyclic) bond motifs is 1. The van der Waals surface area contributed by atoms with E-state index in [4.69, 9.17) is 0 Å². The quantitative estimate of drug-likeness (QED) is 0.413. The molecule has 0 aliphatic rings. The molecule has 0 saturated carbocycles. The number of benzene rings is 2. The second-order valence-corrected chi connectivity index (χ2v) is 9.04. The molecule has 0 saturated heterocycles. The van der Waals surface area contributed by atoms with E-state index in [0.717, 1.165) is 22.6 Å². The molecular formula is C26H27N3O. The van der Waals surface area contributed by atoms with Crippen molar-refractivity contribution in [1.82, 2.24) is 14.6 Å². The summed E-state index contributed by atoms with van der Waals surface area (Å²) >= 11 is 0. The summed E-state index contributed by atoms with van der Waals surface area (Å²) < 4.78 is 1.83. The van der Waals surface area contributed by atoms with Crippen LogP contribution in [0, 0.1) is 13.8 Å². The second-order valence-electron chi connectivity index (χ2n) is 9.04. The van der Waals surface area contributed by atoms with Crippen LogP contribution in [0.5, 0.6) is 0 Å². The van der Waals surface area contributed by atoms with Gasteiger partial charge in [0.2, 0.25) is 0 Å². The lowest BCUT2D eigenvalue weighted by Gasteiger charge is -2.19. The molecule has 0 bridgehead atoms. The Morgan fingerprint density at radius 2 is 1.60 bits per heavy atom. The summed E-state index contributed by atoms with van der Waals surface area (Å²) in [6.45, 7) is 10.7. The van der Waals surface area contributed by atoms with Crippen LogP contribution in [0.3, 0.4) is 0 Å². The molecule has 0 atom stereocenters. The number of hydrogen-bond donors (Lipinski definition) is 0. The van der Waals surface area contributed by atoms with Crippen LogP contribution in [0.4, 0.5) is 0 Å². The van der Waals surface area contributed by atoms with Gasteiger partial charge in [0.15, 0.2) is 11.4 Å². The summed E-state index contributed by atoms with van der Waals surface area (Å²) in [4.78, 5) is 17.6. The molecule has 4 nitrogen and oxygen atoms in total. The number of nitrogens with zero attached hydrogens (tertiary/aromatic N) is 3. The van der Waals surface area contributed by atoms with E-state index in [9.17, 15) is 4.79 Å². The van der Waals surface area contributed by atoms with E-state index < -0.39 is 0 Å². The van der Waals surface area contributed by atoms with Gasteiger partial charge in [0.1, 0.15) is 0 Å². The number of carbonyl (C=O) groups is 1. The minimum Gasteiger partial charge on any atom is -0.294 e. The van der Waals surface area contributed by atoms with E-state index in [1.54, 1.807) is 6.20 Å². The maximum Gasteiger partial charge on any atom is 0.168 e. The molecule has 0 radical (unpaired) electrons. The Labute approximate surface area is 177 Å². The van der Waals surface area contributed by atoms with E-state index >= 15 is 0 Å². The largest absolute Gasteiger partial charge is 0.294 e. The van der Waals surface area contributed by atoms with E-state index in [1.165, 1.54) is 16.7 Å². The van der Waals surface area contributed by atoms with Gasteiger partial charge in [-0.1, -0.05) is 62.2 Å². The first kappa shape index (κ1) is 20.0. The predicted molar refractivity (Wildman–Crippen MR) is 121 cm³/mol. The van der Waals surface area contributed by atoms with Crippen LogP contribution in [0.2, 0.25) is 0 Å². The lowest BCUT2D eigenvalue weighted by atomic mass is 9.86. The van der Waals surface area contributed by atoms with Crippen molar-refractivity contribution in [2.45, 2.75) is 46.5 Å². The van der Waals surface area contributed by atoms with Gasteiger partial charge < -0.3 is 0 Å². The monoisotopic (exact) mass is 397 g/mol. The van der Waals surface area contributed by atoms with Gasteiger partial charge in [0, 0.05) is 17.2 Å². The number of hydrogen-bond acceptors (Lipinski definition) is 3. The number of aryl methyl sites for hydroxylation is 2. The molecule has 2 aromatic carbocycles. The van der Waals surface area contributed by atoms with Gasteiger partial charge in [0.25, 0.3) is 0 Å². The zero-order chi connectivity index (χ0) is 21.5. The molecule has 2 heterocycles. The number of aromatic nitrogens is 3. The lowest BCUT2D eigenvalue weighted by molar-refractivity contribution is 0.0992. The molecule has 4 aromatic rings. The second kappa shape index (κ2) is 7.52. The highest BCUT2D eigenvalue weighted by atomic mass is 16.1. The SMILES string of the molecule is Cc1cc(C)cc(-c2cc(CC(=O)c3ccc(C(C)(C)C)cc3)nc3ccnn23)c1. The molecule has 0 unspecified atom stereocenters. The zero-order valence-corrected chi connectivity index (χ0v) is 18.2. The van der Waals surface area contributed by atoms with Gasteiger partial charge >= 0.3 is 0 Å². The normalized spacial score (nSPS) is 11.8. The molecule has 0 spiro atoms. The first-order chi connectivity index (χ1) is 14.2. The summed E-state index contributed by atoms with van der Waals surface area (Å²) in [6.07, 6.45) is 2.00. The smallest absolute Gasteiger partial charge is 0.168 e. The maximum atomic E-state index is 12.9. The fraction of sp³-hybridized carbons (Fsp3) is 0.269. The van der Waals surface area contributed by atoms with Crippen LogP contribution in [0.15, 0.2) is 60.8 Å². The van der Waals surface area contributed by atoms with E-state index in [1.807, 2.05) is 40.9 Å². The van der Waals surface area contributed by atoms with Crippen molar-refractivity contribution >= 4 is 11.4 Å².